The van der Waals surface area contributed by atoms with E-state index in [-0.39, 0.29) is 11.7 Å². The number of nitrogens with zero attached hydrogens (tertiary/aromatic N) is 3. The van der Waals surface area contributed by atoms with Gasteiger partial charge in [0.05, 0.1) is 19.0 Å². The van der Waals surface area contributed by atoms with Crippen LogP contribution in [0.25, 0.3) is 12.2 Å². The van der Waals surface area contributed by atoms with Crippen molar-refractivity contribution in [2.24, 2.45) is 0 Å². The molecule has 0 saturated heterocycles. The molecule has 1 amide bonds. The van der Waals surface area contributed by atoms with E-state index in [2.05, 4.69) is 15.2 Å². The first-order chi connectivity index (χ1) is 12.7. The maximum Gasteiger partial charge on any atom is 0.233 e. The van der Waals surface area contributed by atoms with Gasteiger partial charge in [0.1, 0.15) is 5.82 Å². The Kier molecular flexibility index (Phi) is 8.88. The largest absolute Gasteiger partial charge is 0.383 e. The van der Waals surface area contributed by atoms with E-state index in [4.69, 9.17) is 9.47 Å². The van der Waals surface area contributed by atoms with Crippen LogP contribution < -0.4 is 0 Å². The molecule has 0 aliphatic rings. The van der Waals surface area contributed by atoms with Gasteiger partial charge < -0.3 is 14.4 Å². The Hall–Kier alpha value is -2.16. The van der Waals surface area contributed by atoms with E-state index < -0.39 is 0 Å². The number of methoxy groups -OCH3 is 2. The molecule has 8 heteroatoms. The Morgan fingerprint density at radius 3 is 2.50 bits per heavy atom. The molecule has 26 heavy (non-hydrogen) atoms. The highest BCUT2D eigenvalue weighted by Gasteiger charge is 2.14. The van der Waals surface area contributed by atoms with Crippen molar-refractivity contribution in [1.82, 2.24) is 20.1 Å². The summed E-state index contributed by atoms with van der Waals surface area (Å²) < 4.78 is 10.1. The number of rotatable bonds is 11. The summed E-state index contributed by atoms with van der Waals surface area (Å²) in [7, 11) is 3.23. The minimum atomic E-state index is 0.00952. The van der Waals surface area contributed by atoms with Crippen molar-refractivity contribution in [3.05, 3.63) is 41.7 Å². The molecular formula is C18H24N4O3S. The van der Waals surface area contributed by atoms with Gasteiger partial charge in [-0.2, -0.15) is 0 Å². The molecule has 140 valence electrons. The van der Waals surface area contributed by atoms with Crippen LogP contribution in [0.2, 0.25) is 0 Å². The van der Waals surface area contributed by atoms with Crippen molar-refractivity contribution < 1.29 is 14.3 Å². The molecule has 1 aromatic carbocycles. The first-order valence-corrected chi connectivity index (χ1v) is 9.25. The Balaban J connectivity index is 1.85. The number of amides is 1. The number of nitrogens with one attached hydrogen (secondary N) is 1. The SMILES string of the molecule is COCCN(CCOC)C(=O)CSc1n[nH]c(C=Cc2ccccc2)n1. The van der Waals surface area contributed by atoms with Crippen molar-refractivity contribution in [2.75, 3.05) is 46.3 Å². The van der Waals surface area contributed by atoms with Crippen LogP contribution in [0.1, 0.15) is 11.4 Å². The Morgan fingerprint density at radius 2 is 1.85 bits per heavy atom. The van der Waals surface area contributed by atoms with E-state index in [1.54, 1.807) is 19.1 Å². The second kappa shape index (κ2) is 11.5. The number of benzene rings is 1. The number of aromatic amines is 1. The van der Waals surface area contributed by atoms with E-state index in [9.17, 15) is 4.79 Å². The topological polar surface area (TPSA) is 80.3 Å². The van der Waals surface area contributed by atoms with Gasteiger partial charge in [0.25, 0.3) is 0 Å². The molecule has 7 nitrogen and oxygen atoms in total. The lowest BCUT2D eigenvalue weighted by molar-refractivity contribution is -0.129. The third kappa shape index (κ3) is 6.99. The quantitative estimate of drug-likeness (QED) is 0.606. The van der Waals surface area contributed by atoms with Gasteiger partial charge in [0.2, 0.25) is 11.1 Å². The zero-order valence-corrected chi connectivity index (χ0v) is 15.9. The number of carbonyl (C=O) groups excluding carboxylic acids is 1. The maximum absolute atomic E-state index is 12.4. The van der Waals surface area contributed by atoms with Crippen LogP contribution in [0.3, 0.4) is 0 Å². The van der Waals surface area contributed by atoms with Gasteiger partial charge in [-0.25, -0.2) is 4.98 Å². The molecule has 2 rings (SSSR count). The summed E-state index contributed by atoms with van der Waals surface area (Å²) in [6.45, 7) is 2.07. The number of hydrogen-bond donors (Lipinski definition) is 1. The van der Waals surface area contributed by atoms with Crippen LogP contribution in [-0.2, 0) is 14.3 Å². The van der Waals surface area contributed by atoms with Gasteiger partial charge in [-0.3, -0.25) is 9.89 Å². The van der Waals surface area contributed by atoms with Gasteiger partial charge >= 0.3 is 0 Å². The smallest absolute Gasteiger partial charge is 0.233 e. The molecule has 0 unspecified atom stereocenters. The zero-order chi connectivity index (χ0) is 18.6. The molecule has 0 aliphatic heterocycles. The first-order valence-electron chi connectivity index (χ1n) is 8.27. The van der Waals surface area contributed by atoms with Crippen LogP contribution in [0.4, 0.5) is 0 Å². The van der Waals surface area contributed by atoms with Gasteiger partial charge in [-0.1, -0.05) is 48.2 Å². The average molecular weight is 376 g/mol. The van der Waals surface area contributed by atoms with Crippen LogP contribution in [0.15, 0.2) is 35.5 Å². The minimum absolute atomic E-state index is 0.00952. The van der Waals surface area contributed by atoms with E-state index in [1.807, 2.05) is 42.5 Å². The van der Waals surface area contributed by atoms with Crippen molar-refractivity contribution in [2.45, 2.75) is 5.16 Å². The maximum atomic E-state index is 12.4. The number of H-pyrrole nitrogens is 1. The summed E-state index contributed by atoms with van der Waals surface area (Å²) in [5, 5.41) is 7.55. The third-order valence-corrected chi connectivity index (χ3v) is 4.36. The highest BCUT2D eigenvalue weighted by Crippen LogP contribution is 2.14. The molecule has 0 radical (unpaired) electrons. The van der Waals surface area contributed by atoms with Gasteiger partial charge in [0.15, 0.2) is 0 Å². The van der Waals surface area contributed by atoms with Crippen molar-refractivity contribution in [1.29, 1.82) is 0 Å². The summed E-state index contributed by atoms with van der Waals surface area (Å²) in [5.41, 5.74) is 1.08. The summed E-state index contributed by atoms with van der Waals surface area (Å²) in [4.78, 5) is 18.5. The van der Waals surface area contributed by atoms with Crippen LogP contribution >= 0.6 is 11.8 Å². The fourth-order valence-electron chi connectivity index (χ4n) is 2.12. The highest BCUT2D eigenvalue weighted by molar-refractivity contribution is 7.99. The lowest BCUT2D eigenvalue weighted by atomic mass is 10.2. The van der Waals surface area contributed by atoms with E-state index in [0.29, 0.717) is 37.3 Å². The van der Waals surface area contributed by atoms with Gasteiger partial charge in [-0.05, 0) is 11.6 Å². The van der Waals surface area contributed by atoms with Crippen LogP contribution in [0, 0.1) is 0 Å². The molecular weight excluding hydrogens is 352 g/mol. The van der Waals surface area contributed by atoms with Crippen LogP contribution in [0.5, 0.6) is 0 Å². The fourth-order valence-corrected chi connectivity index (χ4v) is 2.83. The van der Waals surface area contributed by atoms with Crippen molar-refractivity contribution in [3.8, 4) is 0 Å². The van der Waals surface area contributed by atoms with Crippen molar-refractivity contribution in [3.63, 3.8) is 0 Å². The Bertz CT molecular complexity index is 683. The number of ether oxygens (including phenoxy) is 2. The lowest BCUT2D eigenvalue weighted by Gasteiger charge is -2.21. The lowest BCUT2D eigenvalue weighted by Crippen LogP contribution is -2.37. The molecule has 0 fully saturated rings. The predicted octanol–water partition coefficient (Wildman–Crippen LogP) is 2.19. The van der Waals surface area contributed by atoms with Gasteiger partial charge in [-0.15, -0.1) is 5.10 Å². The van der Waals surface area contributed by atoms with Crippen molar-refractivity contribution >= 4 is 29.8 Å². The van der Waals surface area contributed by atoms with Crippen LogP contribution in [-0.4, -0.2) is 72.3 Å². The summed E-state index contributed by atoms with van der Waals surface area (Å²) in [5.74, 6) is 0.933. The standard InChI is InChI=1S/C18H24N4O3S/c1-24-12-10-22(11-13-25-2)17(23)14-26-18-19-16(20-21-18)9-8-15-6-4-3-5-7-15/h3-9H,10-14H2,1-2H3,(H,19,20,21). The second-order valence-corrected chi connectivity index (χ2v) is 6.34. The number of aromatic nitrogens is 3. The predicted molar refractivity (Wildman–Crippen MR) is 103 cm³/mol. The molecule has 1 heterocycles. The molecule has 0 bridgehead atoms. The fraction of sp³-hybridized carbons (Fsp3) is 0.389. The molecule has 0 aliphatic carbocycles. The normalized spacial score (nSPS) is 11.2. The zero-order valence-electron chi connectivity index (χ0n) is 15.1. The minimum Gasteiger partial charge on any atom is -0.383 e. The number of carbonyl (C=O) groups is 1. The highest BCUT2D eigenvalue weighted by atomic mass is 32.2. The Morgan fingerprint density at radius 1 is 1.15 bits per heavy atom. The summed E-state index contributed by atoms with van der Waals surface area (Å²) in [6, 6.07) is 9.95. The average Bonchev–Trinajstić information content (AvgIpc) is 3.13. The van der Waals surface area contributed by atoms with E-state index >= 15 is 0 Å². The Labute approximate surface area is 157 Å². The molecule has 0 atom stereocenters. The van der Waals surface area contributed by atoms with Gasteiger partial charge in [0, 0.05) is 27.3 Å². The summed E-state index contributed by atoms with van der Waals surface area (Å²) in [6.07, 6.45) is 3.81. The van der Waals surface area contributed by atoms with E-state index in [0.717, 1.165) is 5.56 Å². The molecule has 1 N–H and O–H groups in total. The molecule has 1 aromatic heterocycles. The first kappa shape index (κ1) is 20.2. The van der Waals surface area contributed by atoms with E-state index in [1.165, 1.54) is 11.8 Å². The monoisotopic (exact) mass is 376 g/mol. The molecule has 0 saturated carbocycles. The summed E-state index contributed by atoms with van der Waals surface area (Å²) >= 11 is 1.31. The number of thioether (sulfide) groups is 1. The second-order valence-electron chi connectivity index (χ2n) is 5.40. The molecule has 0 spiro atoms. The molecule has 2 aromatic rings. The number of hydrogen-bond acceptors (Lipinski definition) is 6. The third-order valence-electron chi connectivity index (χ3n) is 3.52.